The summed E-state index contributed by atoms with van der Waals surface area (Å²) in [4.78, 5) is 22.4. The topological polar surface area (TPSA) is 72.2 Å². The van der Waals surface area contributed by atoms with Gasteiger partial charge >= 0.3 is 0 Å². The number of nitro groups is 1. The van der Waals surface area contributed by atoms with Crippen molar-refractivity contribution in [3.05, 3.63) is 68.2 Å². The fraction of sp³-hybridized carbons (Fsp3) is 0.0714. The molecule has 0 unspecified atom stereocenters. The molecule has 0 aliphatic heterocycles. The van der Waals surface area contributed by atoms with E-state index >= 15 is 0 Å². The number of hydrogen-bond donors (Lipinski definition) is 1. The molecule has 2 aromatic carbocycles. The molecule has 0 spiro atoms. The number of hydrogen-bond acceptors (Lipinski definition) is 3. The Kier molecular flexibility index (Phi) is 4.93. The van der Waals surface area contributed by atoms with Gasteiger partial charge in [-0.05, 0) is 39.7 Å². The molecule has 0 aliphatic rings. The van der Waals surface area contributed by atoms with Gasteiger partial charge in [0.25, 0.3) is 11.6 Å². The molecule has 2 rings (SSSR count). The highest BCUT2D eigenvalue weighted by Gasteiger charge is 2.13. The van der Waals surface area contributed by atoms with Crippen molar-refractivity contribution in [2.24, 2.45) is 0 Å². The maximum absolute atomic E-state index is 12.2. The maximum Gasteiger partial charge on any atom is 0.271 e. The second kappa shape index (κ2) is 6.69. The average molecular weight is 370 g/mol. The summed E-state index contributed by atoms with van der Waals surface area (Å²) in [5.41, 5.74) is 1.50. The third-order valence-electron chi connectivity index (χ3n) is 2.75. The molecule has 2 aromatic rings. The Morgan fingerprint density at radius 1 is 1.29 bits per heavy atom. The Labute approximate surface area is 134 Å². The molecule has 1 N–H and O–H groups in total. The first-order valence-electron chi connectivity index (χ1n) is 5.91. The number of benzene rings is 2. The molecular weight excluding hydrogens is 360 g/mol. The fourth-order valence-electron chi connectivity index (χ4n) is 1.71. The first-order valence-corrected chi connectivity index (χ1v) is 7.24. The van der Waals surface area contributed by atoms with Gasteiger partial charge in [0.05, 0.1) is 10.6 Å². The molecule has 0 radical (unpaired) electrons. The Morgan fingerprint density at radius 2 is 2.05 bits per heavy atom. The van der Waals surface area contributed by atoms with Crippen molar-refractivity contribution in [3.63, 3.8) is 0 Å². The van der Waals surface area contributed by atoms with Crippen LogP contribution in [-0.2, 0) is 5.88 Å². The number of nitro benzene ring substituents is 1. The van der Waals surface area contributed by atoms with Gasteiger partial charge in [-0.2, -0.15) is 0 Å². The second-order valence-corrected chi connectivity index (χ2v) is 5.33. The number of alkyl halides is 1. The summed E-state index contributed by atoms with van der Waals surface area (Å²) in [5.74, 6) is -0.0510. The van der Waals surface area contributed by atoms with Crippen LogP contribution in [0.3, 0.4) is 0 Å². The van der Waals surface area contributed by atoms with Gasteiger partial charge in [0, 0.05) is 28.0 Å². The van der Waals surface area contributed by atoms with Crippen molar-refractivity contribution in [2.45, 2.75) is 5.88 Å². The van der Waals surface area contributed by atoms with E-state index in [1.165, 1.54) is 18.2 Å². The molecule has 1 amide bonds. The predicted octanol–water partition coefficient (Wildman–Crippen LogP) is 4.35. The monoisotopic (exact) mass is 368 g/mol. The lowest BCUT2D eigenvalue weighted by Crippen LogP contribution is -2.12. The molecule has 0 aliphatic carbocycles. The molecule has 0 heterocycles. The molecule has 0 saturated carbocycles. The van der Waals surface area contributed by atoms with Gasteiger partial charge in [-0.25, -0.2) is 0 Å². The van der Waals surface area contributed by atoms with Crippen molar-refractivity contribution in [2.75, 3.05) is 5.32 Å². The van der Waals surface area contributed by atoms with Gasteiger partial charge in [-0.1, -0.05) is 12.1 Å². The third-order valence-corrected chi connectivity index (χ3v) is 3.75. The quantitative estimate of drug-likeness (QED) is 0.495. The van der Waals surface area contributed by atoms with Gasteiger partial charge in [0.2, 0.25) is 0 Å². The van der Waals surface area contributed by atoms with Crippen LogP contribution in [0.4, 0.5) is 11.4 Å². The van der Waals surface area contributed by atoms with Crippen molar-refractivity contribution >= 4 is 44.8 Å². The zero-order chi connectivity index (χ0) is 15.4. The number of carbonyl (C=O) groups excluding carboxylic acids is 1. The highest BCUT2D eigenvalue weighted by Crippen LogP contribution is 2.27. The summed E-state index contributed by atoms with van der Waals surface area (Å²) in [6.07, 6.45) is 0. The zero-order valence-electron chi connectivity index (χ0n) is 10.7. The molecule has 0 bridgehead atoms. The van der Waals surface area contributed by atoms with E-state index in [2.05, 4.69) is 21.2 Å². The molecule has 0 aromatic heterocycles. The first-order chi connectivity index (χ1) is 10.0. The number of anilines is 1. The molecular formula is C14H10BrClN2O3. The molecule has 21 heavy (non-hydrogen) atoms. The van der Waals surface area contributed by atoms with E-state index in [1.54, 1.807) is 18.2 Å². The summed E-state index contributed by atoms with van der Waals surface area (Å²) in [7, 11) is 0. The van der Waals surface area contributed by atoms with E-state index in [4.69, 9.17) is 11.6 Å². The van der Waals surface area contributed by atoms with Crippen LogP contribution in [0.2, 0.25) is 0 Å². The van der Waals surface area contributed by atoms with Crippen LogP contribution in [0.5, 0.6) is 0 Å². The molecule has 0 saturated heterocycles. The smallest absolute Gasteiger partial charge is 0.271 e. The third kappa shape index (κ3) is 3.80. The molecule has 0 atom stereocenters. The minimum atomic E-state index is -0.518. The zero-order valence-corrected chi connectivity index (χ0v) is 13.0. The van der Waals surface area contributed by atoms with E-state index in [0.717, 1.165) is 5.56 Å². The van der Waals surface area contributed by atoms with Gasteiger partial charge < -0.3 is 5.32 Å². The molecule has 5 nitrogen and oxygen atoms in total. The van der Waals surface area contributed by atoms with Gasteiger partial charge in [-0.3, -0.25) is 14.9 Å². The summed E-state index contributed by atoms with van der Waals surface area (Å²) in [5, 5.41) is 13.4. The number of nitrogens with one attached hydrogen (secondary N) is 1. The van der Waals surface area contributed by atoms with Crippen LogP contribution < -0.4 is 5.32 Å². The van der Waals surface area contributed by atoms with Crippen LogP contribution in [-0.4, -0.2) is 10.8 Å². The lowest BCUT2D eigenvalue weighted by atomic mass is 10.1. The lowest BCUT2D eigenvalue weighted by Gasteiger charge is -2.08. The SMILES string of the molecule is O=C(Nc1cc([N+](=O)[O-])ccc1Br)c1cccc(CCl)c1. The van der Waals surface area contributed by atoms with E-state index in [-0.39, 0.29) is 11.6 Å². The Bertz CT molecular complexity index is 706. The fourth-order valence-corrected chi connectivity index (χ4v) is 2.22. The Hall–Kier alpha value is -1.92. The number of nitrogens with zero attached hydrogens (tertiary/aromatic N) is 1. The number of halogens is 2. The van der Waals surface area contributed by atoms with E-state index in [0.29, 0.717) is 21.6 Å². The predicted molar refractivity (Wildman–Crippen MR) is 84.7 cm³/mol. The van der Waals surface area contributed by atoms with Crippen LogP contribution in [0.25, 0.3) is 0 Å². The highest BCUT2D eigenvalue weighted by atomic mass is 79.9. The normalized spacial score (nSPS) is 10.2. The Morgan fingerprint density at radius 3 is 2.71 bits per heavy atom. The van der Waals surface area contributed by atoms with Crippen LogP contribution in [0.1, 0.15) is 15.9 Å². The molecule has 0 fully saturated rings. The minimum absolute atomic E-state index is 0.0944. The van der Waals surface area contributed by atoms with E-state index in [9.17, 15) is 14.9 Å². The van der Waals surface area contributed by atoms with E-state index in [1.807, 2.05) is 6.07 Å². The summed E-state index contributed by atoms with van der Waals surface area (Å²) < 4.78 is 0.565. The Balaban J connectivity index is 2.26. The van der Waals surface area contributed by atoms with Gasteiger partial charge in [0.15, 0.2) is 0 Å². The molecule has 7 heteroatoms. The van der Waals surface area contributed by atoms with Gasteiger partial charge in [0.1, 0.15) is 0 Å². The van der Waals surface area contributed by atoms with Crippen molar-refractivity contribution in [1.82, 2.24) is 0 Å². The number of rotatable bonds is 4. The van der Waals surface area contributed by atoms with Crippen molar-refractivity contribution < 1.29 is 9.72 Å². The van der Waals surface area contributed by atoms with Crippen LogP contribution in [0.15, 0.2) is 46.9 Å². The average Bonchev–Trinajstić information content (AvgIpc) is 2.49. The van der Waals surface area contributed by atoms with Gasteiger partial charge in [-0.15, -0.1) is 11.6 Å². The van der Waals surface area contributed by atoms with Crippen LogP contribution >= 0.6 is 27.5 Å². The first kappa shape index (κ1) is 15.5. The number of non-ortho nitro benzene ring substituents is 1. The maximum atomic E-state index is 12.2. The number of amides is 1. The van der Waals surface area contributed by atoms with E-state index < -0.39 is 4.92 Å². The van der Waals surface area contributed by atoms with Crippen LogP contribution in [0, 0.1) is 10.1 Å². The summed E-state index contributed by atoms with van der Waals surface area (Å²) in [6, 6.07) is 11.0. The highest BCUT2D eigenvalue weighted by molar-refractivity contribution is 9.10. The van der Waals surface area contributed by atoms with Crippen molar-refractivity contribution in [3.8, 4) is 0 Å². The standard InChI is InChI=1S/C14H10BrClN2O3/c15-12-5-4-11(18(20)21)7-13(12)17-14(19)10-3-1-2-9(6-10)8-16/h1-7H,8H2,(H,17,19). The molecule has 108 valence electrons. The number of carbonyl (C=O) groups is 1. The second-order valence-electron chi connectivity index (χ2n) is 4.21. The van der Waals surface area contributed by atoms with Crippen molar-refractivity contribution in [1.29, 1.82) is 0 Å². The summed E-state index contributed by atoms with van der Waals surface area (Å²) >= 11 is 8.98. The lowest BCUT2D eigenvalue weighted by molar-refractivity contribution is -0.384. The summed E-state index contributed by atoms with van der Waals surface area (Å²) in [6.45, 7) is 0. The minimum Gasteiger partial charge on any atom is -0.321 e. The largest absolute Gasteiger partial charge is 0.321 e.